The lowest BCUT2D eigenvalue weighted by atomic mass is 10.1. The average Bonchev–Trinajstić information content (AvgIpc) is 2.88. The molecule has 5 nitrogen and oxygen atoms in total. The van der Waals surface area contributed by atoms with Crippen LogP contribution >= 0.6 is 11.8 Å². The number of rotatable bonds is 10. The number of nitrogens with zero attached hydrogens (tertiary/aromatic N) is 1. The van der Waals surface area contributed by atoms with Crippen molar-refractivity contribution in [1.82, 2.24) is 4.90 Å². The summed E-state index contributed by atoms with van der Waals surface area (Å²) in [5.74, 6) is 1.18. The fourth-order valence-electron chi connectivity index (χ4n) is 3.57. The first kappa shape index (κ1) is 24.1. The van der Waals surface area contributed by atoms with E-state index in [1.165, 1.54) is 4.90 Å². The maximum absolute atomic E-state index is 11.7. The van der Waals surface area contributed by atoms with Crippen LogP contribution in [0.3, 0.4) is 0 Å². The van der Waals surface area contributed by atoms with Crippen molar-refractivity contribution < 1.29 is 19.4 Å². The van der Waals surface area contributed by atoms with E-state index >= 15 is 0 Å². The van der Waals surface area contributed by atoms with Gasteiger partial charge in [-0.1, -0.05) is 72.4 Å². The third-order valence-electron chi connectivity index (χ3n) is 5.40. The molecule has 0 saturated heterocycles. The summed E-state index contributed by atoms with van der Waals surface area (Å²) in [5.41, 5.74) is 2.56. The monoisotopic (exact) mass is 483 g/mol. The molecule has 1 amide bonds. The molecule has 4 aromatic rings. The van der Waals surface area contributed by atoms with Crippen LogP contribution in [0.1, 0.15) is 21.5 Å². The maximum atomic E-state index is 11.7. The molecule has 0 aliphatic carbocycles. The van der Waals surface area contributed by atoms with E-state index in [1.807, 2.05) is 84.9 Å². The molecule has 0 fully saturated rings. The highest BCUT2D eigenvalue weighted by atomic mass is 32.2. The van der Waals surface area contributed by atoms with E-state index in [0.717, 1.165) is 27.2 Å². The van der Waals surface area contributed by atoms with Crippen LogP contribution in [0.25, 0.3) is 0 Å². The number of amides is 1. The van der Waals surface area contributed by atoms with Crippen LogP contribution in [0.2, 0.25) is 0 Å². The molecule has 0 heterocycles. The lowest BCUT2D eigenvalue weighted by Gasteiger charge is -2.19. The Morgan fingerprint density at radius 2 is 1.57 bits per heavy atom. The Morgan fingerprint density at radius 3 is 2.31 bits per heavy atom. The van der Waals surface area contributed by atoms with Gasteiger partial charge < -0.3 is 14.7 Å². The van der Waals surface area contributed by atoms with Gasteiger partial charge in [-0.2, -0.15) is 0 Å². The highest BCUT2D eigenvalue weighted by Crippen LogP contribution is 2.32. The molecule has 6 heteroatoms. The van der Waals surface area contributed by atoms with Crippen molar-refractivity contribution in [3.63, 3.8) is 0 Å². The Kier molecular flexibility index (Phi) is 8.20. The number of carbonyl (C=O) groups excluding carboxylic acids is 1. The third-order valence-corrected chi connectivity index (χ3v) is 6.39. The first-order valence-corrected chi connectivity index (χ1v) is 12.0. The van der Waals surface area contributed by atoms with Crippen molar-refractivity contribution in [1.29, 1.82) is 0 Å². The summed E-state index contributed by atoms with van der Waals surface area (Å²) in [6.45, 7) is 0.804. The zero-order valence-corrected chi connectivity index (χ0v) is 19.9. The number of hydrogen-bond donors (Lipinski definition) is 1. The molecule has 0 bridgehead atoms. The summed E-state index contributed by atoms with van der Waals surface area (Å²) in [6, 6.07) is 32.6. The smallest absolute Gasteiger partial charge is 0.407 e. The van der Waals surface area contributed by atoms with E-state index in [1.54, 1.807) is 30.0 Å². The number of aldehydes is 1. The van der Waals surface area contributed by atoms with Gasteiger partial charge in [0.1, 0.15) is 11.5 Å². The number of carboxylic acid groups (broad SMARTS) is 1. The molecule has 1 N–H and O–H groups in total. The van der Waals surface area contributed by atoms with Gasteiger partial charge in [-0.25, -0.2) is 4.79 Å². The lowest BCUT2D eigenvalue weighted by molar-refractivity contribution is 0.112. The minimum absolute atomic E-state index is 0.375. The van der Waals surface area contributed by atoms with Crippen LogP contribution < -0.4 is 4.74 Å². The van der Waals surface area contributed by atoms with Crippen LogP contribution in [0.4, 0.5) is 4.79 Å². The molecule has 176 valence electrons. The molecule has 4 aromatic carbocycles. The SMILES string of the molecule is O=Cc1ccccc1Oc1cccc(Sc2ccc(CCN(Cc3ccccc3)C(=O)O)cc2)c1. The Morgan fingerprint density at radius 1 is 0.829 bits per heavy atom. The van der Waals surface area contributed by atoms with Gasteiger partial charge in [0.2, 0.25) is 0 Å². The van der Waals surface area contributed by atoms with Crippen molar-refractivity contribution >= 4 is 24.1 Å². The second-order valence-corrected chi connectivity index (χ2v) is 9.07. The van der Waals surface area contributed by atoms with Gasteiger partial charge in [-0.3, -0.25) is 4.79 Å². The van der Waals surface area contributed by atoms with E-state index in [0.29, 0.717) is 36.6 Å². The van der Waals surface area contributed by atoms with Gasteiger partial charge in [-0.05, 0) is 60.0 Å². The highest BCUT2D eigenvalue weighted by molar-refractivity contribution is 7.99. The minimum atomic E-state index is -0.918. The summed E-state index contributed by atoms with van der Waals surface area (Å²) >= 11 is 1.61. The maximum Gasteiger partial charge on any atom is 0.407 e. The molecule has 0 radical (unpaired) electrons. The van der Waals surface area contributed by atoms with Crippen LogP contribution in [0.5, 0.6) is 11.5 Å². The molecule has 0 saturated carbocycles. The van der Waals surface area contributed by atoms with Crippen LogP contribution in [0, 0.1) is 0 Å². The van der Waals surface area contributed by atoms with Crippen molar-refractivity contribution in [3.05, 3.63) is 120 Å². The lowest BCUT2D eigenvalue weighted by Crippen LogP contribution is -2.30. The highest BCUT2D eigenvalue weighted by Gasteiger charge is 2.12. The van der Waals surface area contributed by atoms with Gasteiger partial charge in [0.15, 0.2) is 6.29 Å². The second-order valence-electron chi connectivity index (χ2n) is 7.92. The average molecular weight is 484 g/mol. The summed E-state index contributed by atoms with van der Waals surface area (Å²) in [4.78, 5) is 26.4. The zero-order chi connectivity index (χ0) is 24.5. The summed E-state index contributed by atoms with van der Waals surface area (Å²) < 4.78 is 5.92. The summed E-state index contributed by atoms with van der Waals surface area (Å²) in [6.07, 6.45) is 0.509. The quantitative estimate of drug-likeness (QED) is 0.242. The molecular weight excluding hydrogens is 458 g/mol. The molecule has 0 aliphatic rings. The van der Waals surface area contributed by atoms with E-state index in [2.05, 4.69) is 0 Å². The van der Waals surface area contributed by atoms with E-state index in [9.17, 15) is 14.7 Å². The standard InChI is InChI=1S/C29H25NO4S/c31-21-24-9-4-5-12-28(24)34-25-10-6-11-27(19-25)35-26-15-13-22(14-16-26)17-18-30(29(32)33)20-23-7-2-1-3-8-23/h1-16,19,21H,17-18,20H2,(H,32,33). The van der Waals surface area contributed by atoms with Crippen LogP contribution in [0.15, 0.2) is 113 Å². The molecule has 35 heavy (non-hydrogen) atoms. The van der Waals surface area contributed by atoms with Crippen LogP contribution in [-0.4, -0.2) is 28.9 Å². The molecule has 0 aliphatic heterocycles. The fourth-order valence-corrected chi connectivity index (χ4v) is 4.44. The molecule has 0 spiro atoms. The van der Waals surface area contributed by atoms with Crippen molar-refractivity contribution in [2.75, 3.05) is 6.54 Å². The predicted octanol–water partition coefficient (Wildman–Crippen LogP) is 7.17. The second kappa shape index (κ2) is 11.9. The minimum Gasteiger partial charge on any atom is -0.465 e. The largest absolute Gasteiger partial charge is 0.465 e. The van der Waals surface area contributed by atoms with E-state index in [4.69, 9.17) is 4.74 Å². The summed E-state index contributed by atoms with van der Waals surface area (Å²) in [7, 11) is 0. The Hall–Kier alpha value is -4.03. The predicted molar refractivity (Wildman–Crippen MR) is 137 cm³/mol. The third kappa shape index (κ3) is 6.98. The van der Waals surface area contributed by atoms with Crippen molar-refractivity contribution in [2.24, 2.45) is 0 Å². The summed E-state index contributed by atoms with van der Waals surface area (Å²) in [5, 5.41) is 9.56. The molecule has 0 unspecified atom stereocenters. The first-order chi connectivity index (χ1) is 17.1. The van der Waals surface area contributed by atoms with Gasteiger partial charge in [0, 0.05) is 22.9 Å². The van der Waals surface area contributed by atoms with E-state index in [-0.39, 0.29) is 0 Å². The number of hydrogen-bond acceptors (Lipinski definition) is 4. The normalized spacial score (nSPS) is 10.5. The van der Waals surface area contributed by atoms with Gasteiger partial charge in [0.25, 0.3) is 0 Å². The van der Waals surface area contributed by atoms with Gasteiger partial charge >= 0.3 is 6.09 Å². The molecular formula is C29H25NO4S. The van der Waals surface area contributed by atoms with E-state index < -0.39 is 6.09 Å². The zero-order valence-electron chi connectivity index (χ0n) is 19.0. The Bertz CT molecular complexity index is 1280. The van der Waals surface area contributed by atoms with Crippen molar-refractivity contribution in [3.8, 4) is 11.5 Å². The van der Waals surface area contributed by atoms with Crippen molar-refractivity contribution in [2.45, 2.75) is 22.8 Å². The van der Waals surface area contributed by atoms with Gasteiger partial charge in [0.05, 0.1) is 5.56 Å². The number of benzene rings is 4. The topological polar surface area (TPSA) is 66.8 Å². The fraction of sp³-hybridized carbons (Fsp3) is 0.103. The Labute approximate surface area is 209 Å². The first-order valence-electron chi connectivity index (χ1n) is 11.2. The molecule has 0 aromatic heterocycles. The molecule has 0 atom stereocenters. The van der Waals surface area contributed by atoms with Crippen LogP contribution in [-0.2, 0) is 13.0 Å². The number of carbonyl (C=O) groups is 2. The Balaban J connectivity index is 1.35. The number of para-hydroxylation sites is 1. The van der Waals surface area contributed by atoms with Gasteiger partial charge in [-0.15, -0.1) is 0 Å². The molecule has 4 rings (SSSR count). The number of ether oxygens (including phenoxy) is 1.